The lowest BCUT2D eigenvalue weighted by Gasteiger charge is -2.37. The standard InChI is InChI=1S/C16H15F3N2O4/c17-16(18,19)11-3-1-10(2-4-11)13(22)21-7-5-15(6-8-21)9-12(14(23)24)20-25-15/h1-4H,5-9H2,(H,23,24). The van der Waals surface area contributed by atoms with Gasteiger partial charge in [-0.05, 0) is 24.3 Å². The van der Waals surface area contributed by atoms with Crippen molar-refractivity contribution in [1.29, 1.82) is 0 Å². The van der Waals surface area contributed by atoms with Gasteiger partial charge in [-0.15, -0.1) is 0 Å². The fraction of sp³-hybridized carbons (Fsp3) is 0.438. The quantitative estimate of drug-likeness (QED) is 0.883. The van der Waals surface area contributed by atoms with E-state index in [1.54, 1.807) is 0 Å². The molecule has 1 aromatic rings. The number of aliphatic carboxylic acids is 1. The fourth-order valence-corrected chi connectivity index (χ4v) is 3.01. The maximum absolute atomic E-state index is 12.6. The molecule has 1 spiro atoms. The highest BCUT2D eigenvalue weighted by Gasteiger charge is 2.44. The molecule has 0 radical (unpaired) electrons. The molecular weight excluding hydrogens is 341 g/mol. The maximum atomic E-state index is 12.6. The summed E-state index contributed by atoms with van der Waals surface area (Å²) in [6.45, 7) is 0.643. The van der Waals surface area contributed by atoms with Crippen molar-refractivity contribution in [3.8, 4) is 0 Å². The first-order chi connectivity index (χ1) is 11.7. The molecule has 25 heavy (non-hydrogen) atoms. The van der Waals surface area contributed by atoms with Gasteiger partial charge in [0.05, 0.1) is 5.56 Å². The molecule has 0 atom stereocenters. The maximum Gasteiger partial charge on any atom is 0.416 e. The molecule has 3 rings (SSSR count). The highest BCUT2D eigenvalue weighted by molar-refractivity contribution is 6.36. The van der Waals surface area contributed by atoms with E-state index in [0.717, 1.165) is 24.3 Å². The molecule has 0 unspecified atom stereocenters. The third kappa shape index (κ3) is 3.45. The second-order valence-corrected chi connectivity index (χ2v) is 6.16. The summed E-state index contributed by atoms with van der Waals surface area (Å²) in [7, 11) is 0. The van der Waals surface area contributed by atoms with E-state index < -0.39 is 23.3 Å². The van der Waals surface area contributed by atoms with Gasteiger partial charge in [-0.1, -0.05) is 5.16 Å². The zero-order chi connectivity index (χ0) is 18.2. The lowest BCUT2D eigenvalue weighted by molar-refractivity contribution is -0.137. The summed E-state index contributed by atoms with van der Waals surface area (Å²) in [5.41, 5.74) is -1.37. The number of rotatable bonds is 2. The van der Waals surface area contributed by atoms with Crippen molar-refractivity contribution in [3.05, 3.63) is 35.4 Å². The molecule has 1 N–H and O–H groups in total. The van der Waals surface area contributed by atoms with Gasteiger partial charge in [0.2, 0.25) is 0 Å². The number of carboxylic acid groups (broad SMARTS) is 1. The fourth-order valence-electron chi connectivity index (χ4n) is 3.01. The van der Waals surface area contributed by atoms with Crippen LogP contribution in [0.25, 0.3) is 0 Å². The summed E-state index contributed by atoms with van der Waals surface area (Å²) in [6, 6.07) is 4.08. The first kappa shape index (κ1) is 17.2. The van der Waals surface area contributed by atoms with Crippen molar-refractivity contribution in [2.75, 3.05) is 13.1 Å². The molecule has 2 heterocycles. The van der Waals surface area contributed by atoms with E-state index in [0.29, 0.717) is 25.9 Å². The smallest absolute Gasteiger partial charge is 0.416 e. The van der Waals surface area contributed by atoms with Crippen LogP contribution in [0.15, 0.2) is 29.4 Å². The highest BCUT2D eigenvalue weighted by atomic mass is 19.4. The van der Waals surface area contributed by atoms with Crippen LogP contribution in [0.5, 0.6) is 0 Å². The molecule has 134 valence electrons. The zero-order valence-corrected chi connectivity index (χ0v) is 13.0. The minimum Gasteiger partial charge on any atom is -0.477 e. The van der Waals surface area contributed by atoms with E-state index >= 15 is 0 Å². The third-order valence-electron chi connectivity index (χ3n) is 4.51. The van der Waals surface area contributed by atoms with E-state index in [4.69, 9.17) is 9.94 Å². The molecule has 0 saturated carbocycles. The number of hydrogen-bond acceptors (Lipinski definition) is 4. The summed E-state index contributed by atoms with van der Waals surface area (Å²) in [4.78, 5) is 30.2. The largest absolute Gasteiger partial charge is 0.477 e. The molecule has 0 aliphatic carbocycles. The van der Waals surface area contributed by atoms with Crippen molar-refractivity contribution in [2.24, 2.45) is 5.16 Å². The van der Waals surface area contributed by atoms with E-state index in [1.165, 1.54) is 4.90 Å². The second kappa shape index (κ2) is 6.05. The number of carbonyl (C=O) groups excluding carboxylic acids is 1. The van der Waals surface area contributed by atoms with Crippen LogP contribution in [0.2, 0.25) is 0 Å². The highest BCUT2D eigenvalue weighted by Crippen LogP contribution is 2.35. The van der Waals surface area contributed by atoms with Crippen molar-refractivity contribution in [3.63, 3.8) is 0 Å². The Morgan fingerprint density at radius 3 is 2.24 bits per heavy atom. The second-order valence-electron chi connectivity index (χ2n) is 6.16. The van der Waals surface area contributed by atoms with Crippen molar-refractivity contribution in [1.82, 2.24) is 4.90 Å². The van der Waals surface area contributed by atoms with E-state index in [2.05, 4.69) is 5.16 Å². The Bertz CT molecular complexity index is 720. The van der Waals surface area contributed by atoms with Crippen LogP contribution in [0.1, 0.15) is 35.2 Å². The molecule has 0 aromatic heterocycles. The van der Waals surface area contributed by atoms with E-state index in [1.807, 2.05) is 0 Å². The van der Waals surface area contributed by atoms with Gasteiger partial charge in [0.1, 0.15) is 5.60 Å². The van der Waals surface area contributed by atoms with Gasteiger partial charge >= 0.3 is 12.1 Å². The van der Waals surface area contributed by atoms with Gasteiger partial charge in [0.25, 0.3) is 5.91 Å². The lowest BCUT2D eigenvalue weighted by atomic mass is 9.86. The van der Waals surface area contributed by atoms with Crippen LogP contribution in [0.4, 0.5) is 13.2 Å². The average Bonchev–Trinajstić information content (AvgIpc) is 2.98. The number of carboxylic acids is 1. The Hall–Kier alpha value is -2.58. The number of benzene rings is 1. The van der Waals surface area contributed by atoms with Gasteiger partial charge in [-0.3, -0.25) is 4.79 Å². The summed E-state index contributed by atoms with van der Waals surface area (Å²) in [6.07, 6.45) is -3.43. The molecule has 6 nitrogen and oxygen atoms in total. The van der Waals surface area contributed by atoms with Crippen molar-refractivity contribution < 1.29 is 32.7 Å². The summed E-state index contributed by atoms with van der Waals surface area (Å²) in [5, 5.41) is 12.5. The number of amides is 1. The first-order valence-corrected chi connectivity index (χ1v) is 7.65. The Balaban J connectivity index is 1.62. The SMILES string of the molecule is O=C(O)C1=NOC2(CCN(C(=O)c3ccc(C(F)(F)F)cc3)CC2)C1. The topological polar surface area (TPSA) is 79.2 Å². The zero-order valence-electron chi connectivity index (χ0n) is 13.0. The van der Waals surface area contributed by atoms with Crippen LogP contribution < -0.4 is 0 Å². The van der Waals surface area contributed by atoms with Crippen molar-refractivity contribution >= 4 is 17.6 Å². The first-order valence-electron chi connectivity index (χ1n) is 7.65. The molecule has 1 aromatic carbocycles. The van der Waals surface area contributed by atoms with Crippen LogP contribution in [-0.4, -0.2) is 46.3 Å². The molecule has 1 amide bonds. The van der Waals surface area contributed by atoms with Crippen LogP contribution in [-0.2, 0) is 15.8 Å². The molecule has 2 aliphatic heterocycles. The molecule has 2 aliphatic rings. The summed E-state index contributed by atoms with van der Waals surface area (Å²) >= 11 is 0. The van der Waals surface area contributed by atoms with Crippen molar-refractivity contribution in [2.45, 2.75) is 31.0 Å². The number of nitrogens with zero attached hydrogens (tertiary/aromatic N) is 2. The number of oxime groups is 1. The number of likely N-dealkylation sites (tertiary alicyclic amines) is 1. The molecular formula is C16H15F3N2O4. The van der Waals surface area contributed by atoms with Crippen LogP contribution in [0.3, 0.4) is 0 Å². The van der Waals surface area contributed by atoms with Gasteiger partial charge in [-0.25, -0.2) is 4.79 Å². The van der Waals surface area contributed by atoms with Crippen LogP contribution >= 0.6 is 0 Å². The number of carbonyl (C=O) groups is 2. The normalized spacial score (nSPS) is 19.5. The number of piperidine rings is 1. The molecule has 1 saturated heterocycles. The monoisotopic (exact) mass is 356 g/mol. The van der Waals surface area contributed by atoms with Gasteiger partial charge < -0.3 is 14.8 Å². The number of halogens is 3. The van der Waals surface area contributed by atoms with E-state index in [9.17, 15) is 22.8 Å². The molecule has 1 fully saturated rings. The Morgan fingerprint density at radius 1 is 1.16 bits per heavy atom. The summed E-state index contributed by atoms with van der Waals surface area (Å²) in [5.74, 6) is -1.49. The van der Waals surface area contributed by atoms with Gasteiger partial charge in [-0.2, -0.15) is 13.2 Å². The van der Waals surface area contributed by atoms with Gasteiger partial charge in [0, 0.05) is 37.9 Å². The Labute approximate surface area is 140 Å². The number of hydrogen-bond donors (Lipinski definition) is 1. The van der Waals surface area contributed by atoms with Gasteiger partial charge in [0.15, 0.2) is 5.71 Å². The predicted octanol–water partition coefficient (Wildman–Crippen LogP) is 2.54. The molecule has 0 bridgehead atoms. The lowest BCUT2D eigenvalue weighted by Crippen LogP contribution is -2.47. The minimum atomic E-state index is -4.44. The predicted molar refractivity (Wildman–Crippen MR) is 80.1 cm³/mol. The Kier molecular flexibility index (Phi) is 4.18. The summed E-state index contributed by atoms with van der Waals surface area (Å²) < 4.78 is 37.7. The number of alkyl halides is 3. The Morgan fingerprint density at radius 2 is 1.76 bits per heavy atom. The molecule has 9 heteroatoms. The van der Waals surface area contributed by atoms with E-state index in [-0.39, 0.29) is 23.6 Å². The third-order valence-corrected chi connectivity index (χ3v) is 4.51. The minimum absolute atomic E-state index is 0.0393. The average molecular weight is 356 g/mol. The van der Waals surface area contributed by atoms with Crippen LogP contribution in [0, 0.1) is 0 Å².